The quantitative estimate of drug-likeness (QED) is 0.840. The van der Waals surface area contributed by atoms with Gasteiger partial charge in [0.25, 0.3) is 5.91 Å². The van der Waals surface area contributed by atoms with E-state index in [4.69, 9.17) is 27.9 Å². The van der Waals surface area contributed by atoms with Crippen LogP contribution in [-0.2, 0) is 4.74 Å². The molecule has 2 aromatic carbocycles. The molecule has 4 nitrogen and oxygen atoms in total. The molecule has 0 saturated heterocycles. The molecule has 1 N–H and O–H groups in total. The van der Waals surface area contributed by atoms with Crippen LogP contribution in [0.5, 0.6) is 0 Å². The van der Waals surface area contributed by atoms with Crippen LogP contribution in [0.3, 0.4) is 0 Å². The van der Waals surface area contributed by atoms with Gasteiger partial charge >= 0.3 is 5.97 Å². The molecule has 0 bridgehead atoms. The number of esters is 1. The van der Waals surface area contributed by atoms with E-state index < -0.39 is 5.97 Å². The predicted octanol–water partition coefficient (Wildman–Crippen LogP) is 4.42. The molecule has 2 rings (SSSR count). The van der Waals surface area contributed by atoms with Gasteiger partial charge in [-0.15, -0.1) is 0 Å². The maximum Gasteiger partial charge on any atom is 0.338 e. The van der Waals surface area contributed by atoms with Gasteiger partial charge in [-0.3, -0.25) is 4.79 Å². The van der Waals surface area contributed by atoms with Crippen molar-refractivity contribution in [2.45, 2.75) is 6.92 Å². The van der Waals surface area contributed by atoms with Crippen molar-refractivity contribution < 1.29 is 14.3 Å². The lowest BCUT2D eigenvalue weighted by Gasteiger charge is -2.09. The molecule has 0 heterocycles. The Morgan fingerprint density at radius 3 is 2.45 bits per heavy atom. The fourth-order valence-corrected chi connectivity index (χ4v) is 2.24. The molecule has 0 aliphatic carbocycles. The van der Waals surface area contributed by atoms with E-state index in [2.05, 4.69) is 5.32 Å². The smallest absolute Gasteiger partial charge is 0.338 e. The Kier molecular flexibility index (Phi) is 5.41. The average molecular weight is 338 g/mol. The number of ether oxygens (including phenoxy) is 1. The minimum Gasteiger partial charge on any atom is -0.462 e. The van der Waals surface area contributed by atoms with Gasteiger partial charge in [0.1, 0.15) is 0 Å². The van der Waals surface area contributed by atoms with Crippen LogP contribution < -0.4 is 5.32 Å². The Balaban J connectivity index is 2.19. The van der Waals surface area contributed by atoms with Gasteiger partial charge < -0.3 is 10.1 Å². The Morgan fingerprint density at radius 2 is 1.82 bits per heavy atom. The van der Waals surface area contributed by atoms with Crippen LogP contribution in [0.4, 0.5) is 5.69 Å². The minimum absolute atomic E-state index is 0.242. The molecular formula is C16H13Cl2NO3. The van der Waals surface area contributed by atoms with Gasteiger partial charge in [0.2, 0.25) is 0 Å². The van der Waals surface area contributed by atoms with E-state index >= 15 is 0 Å². The topological polar surface area (TPSA) is 55.4 Å². The number of rotatable bonds is 4. The summed E-state index contributed by atoms with van der Waals surface area (Å²) in [5.41, 5.74) is 1.05. The number of hydrogen-bond acceptors (Lipinski definition) is 3. The molecular weight excluding hydrogens is 325 g/mol. The largest absolute Gasteiger partial charge is 0.462 e. The highest BCUT2D eigenvalue weighted by Gasteiger charge is 2.13. The first kappa shape index (κ1) is 16.3. The Bertz CT molecular complexity index is 716. The van der Waals surface area contributed by atoms with Crippen molar-refractivity contribution >= 4 is 40.8 Å². The molecule has 0 aliphatic rings. The lowest BCUT2D eigenvalue weighted by molar-refractivity contribution is 0.0526. The third-order valence-corrected chi connectivity index (χ3v) is 3.49. The van der Waals surface area contributed by atoms with Gasteiger partial charge in [0, 0.05) is 0 Å². The lowest BCUT2D eigenvalue weighted by Crippen LogP contribution is -2.13. The zero-order chi connectivity index (χ0) is 16.1. The minimum atomic E-state index is -0.464. The second kappa shape index (κ2) is 7.29. The van der Waals surface area contributed by atoms with Crippen molar-refractivity contribution in [3.05, 3.63) is 63.6 Å². The van der Waals surface area contributed by atoms with Crippen molar-refractivity contribution in [2.75, 3.05) is 11.9 Å². The van der Waals surface area contributed by atoms with Crippen LogP contribution in [0.1, 0.15) is 27.6 Å². The summed E-state index contributed by atoms with van der Waals surface area (Å²) in [5, 5.41) is 3.25. The second-order valence-electron chi connectivity index (χ2n) is 4.35. The van der Waals surface area contributed by atoms with Crippen molar-refractivity contribution in [1.82, 2.24) is 0 Å². The fourth-order valence-electron chi connectivity index (χ4n) is 1.79. The standard InChI is InChI=1S/C16H13Cl2NO3/c1-2-22-16(21)10-7-8-14(13(18)9-10)19-15(20)11-5-3-4-6-12(11)17/h3-9H,2H2,1H3,(H,19,20). The number of hydrogen-bond donors (Lipinski definition) is 1. The molecule has 0 fully saturated rings. The van der Waals surface area contributed by atoms with Crippen LogP contribution >= 0.6 is 23.2 Å². The molecule has 22 heavy (non-hydrogen) atoms. The molecule has 0 aliphatic heterocycles. The van der Waals surface area contributed by atoms with Crippen molar-refractivity contribution in [3.8, 4) is 0 Å². The van der Waals surface area contributed by atoms with Gasteiger partial charge in [-0.2, -0.15) is 0 Å². The second-order valence-corrected chi connectivity index (χ2v) is 5.16. The van der Waals surface area contributed by atoms with Crippen molar-refractivity contribution in [2.24, 2.45) is 0 Å². The number of anilines is 1. The summed E-state index contributed by atoms with van der Waals surface area (Å²) >= 11 is 12.1. The van der Waals surface area contributed by atoms with Crippen LogP contribution in [-0.4, -0.2) is 18.5 Å². The normalized spacial score (nSPS) is 10.1. The Morgan fingerprint density at radius 1 is 1.09 bits per heavy atom. The Hall–Kier alpha value is -2.04. The van der Waals surface area contributed by atoms with E-state index in [1.807, 2.05) is 0 Å². The number of halogens is 2. The van der Waals surface area contributed by atoms with E-state index in [1.54, 1.807) is 37.3 Å². The van der Waals surface area contributed by atoms with E-state index in [-0.39, 0.29) is 17.5 Å². The molecule has 0 atom stereocenters. The number of benzene rings is 2. The van der Waals surface area contributed by atoms with Crippen LogP contribution in [0.2, 0.25) is 10.0 Å². The molecule has 0 radical (unpaired) electrons. The first-order valence-corrected chi connectivity index (χ1v) is 7.31. The first-order chi connectivity index (χ1) is 10.5. The molecule has 0 saturated carbocycles. The lowest BCUT2D eigenvalue weighted by atomic mass is 10.2. The van der Waals surface area contributed by atoms with Crippen molar-refractivity contribution in [1.29, 1.82) is 0 Å². The van der Waals surface area contributed by atoms with Gasteiger partial charge in [-0.05, 0) is 37.3 Å². The summed E-state index contributed by atoms with van der Waals surface area (Å²) in [5.74, 6) is -0.843. The molecule has 6 heteroatoms. The third kappa shape index (κ3) is 3.78. The SMILES string of the molecule is CCOC(=O)c1ccc(NC(=O)c2ccccc2Cl)c(Cl)c1. The van der Waals surface area contributed by atoms with Gasteiger partial charge in [-0.25, -0.2) is 4.79 Å². The molecule has 0 unspecified atom stereocenters. The van der Waals surface area contributed by atoms with Gasteiger partial charge in [0.05, 0.1) is 33.5 Å². The molecule has 0 spiro atoms. The van der Waals surface area contributed by atoms with Crippen LogP contribution in [0, 0.1) is 0 Å². The number of carbonyl (C=O) groups excluding carboxylic acids is 2. The summed E-state index contributed by atoms with van der Waals surface area (Å²) < 4.78 is 4.89. The number of amides is 1. The fraction of sp³-hybridized carbons (Fsp3) is 0.125. The molecule has 114 valence electrons. The third-order valence-electron chi connectivity index (χ3n) is 2.85. The van der Waals surface area contributed by atoms with E-state index in [0.29, 0.717) is 21.8 Å². The van der Waals surface area contributed by atoms with E-state index in [1.165, 1.54) is 12.1 Å². The van der Waals surface area contributed by atoms with Crippen molar-refractivity contribution in [3.63, 3.8) is 0 Å². The summed E-state index contributed by atoms with van der Waals surface area (Å²) in [4.78, 5) is 23.8. The molecule has 1 amide bonds. The highest BCUT2D eigenvalue weighted by Crippen LogP contribution is 2.25. The summed E-state index contributed by atoms with van der Waals surface area (Å²) in [6.07, 6.45) is 0. The number of carbonyl (C=O) groups is 2. The summed E-state index contributed by atoms with van der Waals surface area (Å²) in [6, 6.07) is 11.2. The van der Waals surface area contributed by atoms with E-state index in [0.717, 1.165) is 0 Å². The average Bonchev–Trinajstić information content (AvgIpc) is 2.49. The summed E-state index contributed by atoms with van der Waals surface area (Å²) in [7, 11) is 0. The first-order valence-electron chi connectivity index (χ1n) is 6.55. The zero-order valence-corrected chi connectivity index (χ0v) is 13.2. The van der Waals surface area contributed by atoms with E-state index in [9.17, 15) is 9.59 Å². The van der Waals surface area contributed by atoms with Crippen LogP contribution in [0.15, 0.2) is 42.5 Å². The molecule has 2 aromatic rings. The maximum atomic E-state index is 12.2. The summed E-state index contributed by atoms with van der Waals surface area (Å²) in [6.45, 7) is 2.00. The maximum absolute atomic E-state index is 12.2. The number of nitrogens with one attached hydrogen (secondary N) is 1. The predicted molar refractivity (Wildman–Crippen MR) is 86.8 cm³/mol. The Labute approximate surface area is 138 Å². The van der Waals surface area contributed by atoms with Crippen LogP contribution in [0.25, 0.3) is 0 Å². The highest BCUT2D eigenvalue weighted by atomic mass is 35.5. The highest BCUT2D eigenvalue weighted by molar-refractivity contribution is 6.36. The van der Waals surface area contributed by atoms with Gasteiger partial charge in [0.15, 0.2) is 0 Å². The zero-order valence-electron chi connectivity index (χ0n) is 11.7. The molecule has 0 aromatic heterocycles. The monoisotopic (exact) mass is 337 g/mol. The van der Waals surface area contributed by atoms with Gasteiger partial charge in [-0.1, -0.05) is 35.3 Å².